The van der Waals surface area contributed by atoms with E-state index in [1.54, 1.807) is 18.2 Å². The van der Waals surface area contributed by atoms with Gasteiger partial charge in [-0.3, -0.25) is 0 Å². The highest BCUT2D eigenvalue weighted by atomic mass is 35.5. The smallest absolute Gasteiger partial charge is 0.416 e. The molecule has 0 aliphatic heterocycles. The number of hydrogen-bond acceptors (Lipinski definition) is 2. The summed E-state index contributed by atoms with van der Waals surface area (Å²) in [6.07, 6.45) is -4.36. The maximum absolute atomic E-state index is 12.4. The highest BCUT2D eigenvalue weighted by Crippen LogP contribution is 2.32. The largest absolute Gasteiger partial charge is 0.457 e. The van der Waals surface area contributed by atoms with Crippen LogP contribution in [0.2, 0.25) is 5.02 Å². The molecule has 2 nitrogen and oxygen atoms in total. The molecule has 20 heavy (non-hydrogen) atoms. The molecule has 106 valence electrons. The molecule has 0 radical (unpaired) electrons. The maximum atomic E-state index is 12.4. The van der Waals surface area contributed by atoms with E-state index in [-0.39, 0.29) is 6.54 Å². The predicted octanol–water partition coefficient (Wildman–Crippen LogP) is 4.61. The molecule has 0 unspecified atom stereocenters. The fourth-order valence-electron chi connectivity index (χ4n) is 1.65. The Morgan fingerprint density at radius 1 is 1.05 bits per heavy atom. The second-order valence-corrected chi connectivity index (χ2v) is 4.52. The molecule has 2 rings (SSSR count). The number of nitrogens with two attached hydrogens (primary N) is 1. The van der Waals surface area contributed by atoms with Crippen LogP contribution in [0, 0.1) is 0 Å². The molecule has 0 fully saturated rings. The van der Waals surface area contributed by atoms with Crippen LogP contribution in [0.15, 0.2) is 42.5 Å². The van der Waals surface area contributed by atoms with E-state index in [1.807, 2.05) is 0 Å². The lowest BCUT2D eigenvalue weighted by Gasteiger charge is -2.11. The van der Waals surface area contributed by atoms with Crippen LogP contribution in [-0.2, 0) is 12.7 Å². The van der Waals surface area contributed by atoms with Crippen LogP contribution in [0.1, 0.15) is 11.1 Å². The molecule has 2 aromatic rings. The highest BCUT2D eigenvalue weighted by molar-refractivity contribution is 6.30. The number of rotatable bonds is 3. The van der Waals surface area contributed by atoms with Crippen LogP contribution < -0.4 is 10.5 Å². The van der Waals surface area contributed by atoms with Crippen LogP contribution in [0.3, 0.4) is 0 Å². The lowest BCUT2D eigenvalue weighted by atomic mass is 10.2. The number of hydrogen-bond donors (Lipinski definition) is 1. The third-order valence-electron chi connectivity index (χ3n) is 2.65. The van der Waals surface area contributed by atoms with Gasteiger partial charge in [-0.2, -0.15) is 13.2 Å². The summed E-state index contributed by atoms with van der Waals surface area (Å²) >= 11 is 5.83. The molecule has 0 aliphatic carbocycles. The standard InChI is InChI=1S/C14H11ClF3NO/c15-11-3-6-13(9(7-11)8-19)20-12-4-1-10(2-5-12)14(16,17)18/h1-7H,8,19H2. The number of alkyl halides is 3. The van der Waals surface area contributed by atoms with Gasteiger partial charge in [0.1, 0.15) is 11.5 Å². The fourth-order valence-corrected chi connectivity index (χ4v) is 1.84. The average molecular weight is 302 g/mol. The Morgan fingerprint density at radius 2 is 1.70 bits per heavy atom. The van der Waals surface area contributed by atoms with Crippen molar-refractivity contribution in [3.8, 4) is 11.5 Å². The van der Waals surface area contributed by atoms with Crippen molar-refractivity contribution in [2.45, 2.75) is 12.7 Å². The predicted molar refractivity (Wildman–Crippen MR) is 70.9 cm³/mol. The molecular weight excluding hydrogens is 291 g/mol. The molecule has 0 saturated carbocycles. The van der Waals surface area contributed by atoms with Gasteiger partial charge in [0.25, 0.3) is 0 Å². The van der Waals surface area contributed by atoms with E-state index in [4.69, 9.17) is 22.1 Å². The molecule has 2 aromatic carbocycles. The summed E-state index contributed by atoms with van der Waals surface area (Å²) in [7, 11) is 0. The second kappa shape index (κ2) is 5.73. The zero-order valence-corrected chi connectivity index (χ0v) is 11.0. The van der Waals surface area contributed by atoms with Gasteiger partial charge in [0.2, 0.25) is 0 Å². The summed E-state index contributed by atoms with van der Waals surface area (Å²) in [6.45, 7) is 0.219. The normalized spacial score (nSPS) is 11.4. The Bertz CT molecular complexity index is 596. The fraction of sp³-hybridized carbons (Fsp3) is 0.143. The van der Waals surface area contributed by atoms with Crippen LogP contribution >= 0.6 is 11.6 Å². The number of ether oxygens (including phenoxy) is 1. The second-order valence-electron chi connectivity index (χ2n) is 4.08. The van der Waals surface area contributed by atoms with E-state index in [2.05, 4.69) is 0 Å². The minimum atomic E-state index is -4.36. The maximum Gasteiger partial charge on any atom is 0.416 e. The van der Waals surface area contributed by atoms with E-state index in [0.29, 0.717) is 22.1 Å². The lowest BCUT2D eigenvalue weighted by Crippen LogP contribution is -2.04. The highest BCUT2D eigenvalue weighted by Gasteiger charge is 2.30. The summed E-state index contributed by atoms with van der Waals surface area (Å²) in [5.74, 6) is 0.770. The van der Waals surface area contributed by atoms with E-state index in [9.17, 15) is 13.2 Å². The Morgan fingerprint density at radius 3 is 2.25 bits per heavy atom. The monoisotopic (exact) mass is 301 g/mol. The van der Waals surface area contributed by atoms with Gasteiger partial charge in [0.15, 0.2) is 0 Å². The molecule has 6 heteroatoms. The summed E-state index contributed by atoms with van der Waals surface area (Å²) in [5, 5.41) is 0.519. The van der Waals surface area contributed by atoms with Crippen LogP contribution in [0.25, 0.3) is 0 Å². The van der Waals surface area contributed by atoms with Crippen molar-refractivity contribution in [3.05, 3.63) is 58.6 Å². The summed E-state index contributed by atoms with van der Waals surface area (Å²) < 4.78 is 42.8. The summed E-state index contributed by atoms with van der Waals surface area (Å²) in [6, 6.07) is 9.36. The molecule has 2 N–H and O–H groups in total. The van der Waals surface area contributed by atoms with E-state index in [0.717, 1.165) is 12.1 Å². The number of halogens is 4. The molecule has 0 aliphatic rings. The SMILES string of the molecule is NCc1cc(Cl)ccc1Oc1ccc(C(F)(F)F)cc1. The van der Waals surface area contributed by atoms with Gasteiger partial charge >= 0.3 is 6.18 Å². The minimum Gasteiger partial charge on any atom is -0.457 e. The molecule has 0 saturated heterocycles. The van der Waals surface area contributed by atoms with Gasteiger partial charge < -0.3 is 10.5 Å². The molecule has 0 amide bonds. The first-order valence-electron chi connectivity index (χ1n) is 5.74. The molecule has 0 spiro atoms. The van der Waals surface area contributed by atoms with Crippen LogP contribution in [0.4, 0.5) is 13.2 Å². The van der Waals surface area contributed by atoms with E-state index in [1.165, 1.54) is 12.1 Å². The van der Waals surface area contributed by atoms with Crippen molar-refractivity contribution in [2.24, 2.45) is 5.73 Å². The zero-order chi connectivity index (χ0) is 14.8. The Balaban J connectivity index is 2.22. The van der Waals surface area contributed by atoms with Crippen molar-refractivity contribution in [1.82, 2.24) is 0 Å². The van der Waals surface area contributed by atoms with Crippen molar-refractivity contribution in [3.63, 3.8) is 0 Å². The van der Waals surface area contributed by atoms with Crippen molar-refractivity contribution in [1.29, 1.82) is 0 Å². The zero-order valence-electron chi connectivity index (χ0n) is 10.2. The van der Waals surface area contributed by atoms with Gasteiger partial charge in [-0.1, -0.05) is 11.6 Å². The van der Waals surface area contributed by atoms with Crippen molar-refractivity contribution in [2.75, 3.05) is 0 Å². The number of benzene rings is 2. The van der Waals surface area contributed by atoms with Gasteiger partial charge in [0, 0.05) is 17.1 Å². The van der Waals surface area contributed by atoms with Crippen LogP contribution in [0.5, 0.6) is 11.5 Å². The molecule has 0 aromatic heterocycles. The Kier molecular flexibility index (Phi) is 4.20. The molecular formula is C14H11ClF3NO. The topological polar surface area (TPSA) is 35.2 Å². The van der Waals surface area contributed by atoms with Crippen LogP contribution in [-0.4, -0.2) is 0 Å². The van der Waals surface area contributed by atoms with Crippen molar-refractivity contribution < 1.29 is 17.9 Å². The van der Waals surface area contributed by atoms with Gasteiger partial charge in [0.05, 0.1) is 5.56 Å². The Labute approximate surface area is 118 Å². The first-order valence-corrected chi connectivity index (χ1v) is 6.11. The average Bonchev–Trinajstić information content (AvgIpc) is 2.40. The summed E-state index contributed by atoms with van der Waals surface area (Å²) in [5.41, 5.74) is 5.52. The molecule has 0 bridgehead atoms. The van der Waals surface area contributed by atoms with E-state index >= 15 is 0 Å². The first-order chi connectivity index (χ1) is 9.40. The Hall–Kier alpha value is -1.72. The third kappa shape index (κ3) is 3.43. The first kappa shape index (κ1) is 14.7. The van der Waals surface area contributed by atoms with Gasteiger partial charge in [-0.25, -0.2) is 0 Å². The van der Waals surface area contributed by atoms with Gasteiger partial charge in [-0.05, 0) is 42.5 Å². The molecule has 0 heterocycles. The third-order valence-corrected chi connectivity index (χ3v) is 2.89. The van der Waals surface area contributed by atoms with Crippen molar-refractivity contribution >= 4 is 11.6 Å². The molecule has 0 atom stereocenters. The lowest BCUT2D eigenvalue weighted by molar-refractivity contribution is -0.137. The van der Waals surface area contributed by atoms with E-state index < -0.39 is 11.7 Å². The minimum absolute atomic E-state index is 0.219. The quantitative estimate of drug-likeness (QED) is 0.898. The van der Waals surface area contributed by atoms with Gasteiger partial charge in [-0.15, -0.1) is 0 Å². The summed E-state index contributed by atoms with van der Waals surface area (Å²) in [4.78, 5) is 0.